The molecular weight excluding hydrogens is 949 g/mol. The van der Waals surface area contributed by atoms with Gasteiger partial charge in [0.25, 0.3) is 0 Å². The molecular formula is C71H126O6. The van der Waals surface area contributed by atoms with E-state index in [1.165, 1.54) is 199 Å². The SMILES string of the molecule is CCCCCC/C=C\C/C=C\CCCCCCCC(=O)OC(COC(=O)CCCCCCC/C=C\CCCCCCCCC)COC(=O)CCCCCCCCCCCCCC/C=C\C/C=C\C/C=C\CCCCCCC. The molecule has 77 heavy (non-hydrogen) atoms. The van der Waals surface area contributed by atoms with Crippen LogP contribution in [0.2, 0.25) is 0 Å². The smallest absolute Gasteiger partial charge is 0.306 e. The number of hydrogen-bond acceptors (Lipinski definition) is 6. The molecule has 0 fully saturated rings. The van der Waals surface area contributed by atoms with E-state index in [0.29, 0.717) is 19.3 Å². The van der Waals surface area contributed by atoms with Crippen molar-refractivity contribution >= 4 is 17.9 Å². The number of unbranched alkanes of at least 4 members (excludes halogenated alkanes) is 38. The van der Waals surface area contributed by atoms with Crippen molar-refractivity contribution < 1.29 is 28.6 Å². The van der Waals surface area contributed by atoms with E-state index >= 15 is 0 Å². The fourth-order valence-electron chi connectivity index (χ4n) is 9.59. The molecule has 0 heterocycles. The summed E-state index contributed by atoms with van der Waals surface area (Å²) in [4.78, 5) is 38.3. The number of allylic oxidation sites excluding steroid dienone is 12. The highest BCUT2D eigenvalue weighted by atomic mass is 16.6. The molecule has 0 amide bonds. The van der Waals surface area contributed by atoms with Crippen molar-refractivity contribution in [3.8, 4) is 0 Å². The monoisotopic (exact) mass is 1070 g/mol. The zero-order valence-corrected chi connectivity index (χ0v) is 51.2. The average molecular weight is 1080 g/mol. The lowest BCUT2D eigenvalue weighted by molar-refractivity contribution is -0.167. The second kappa shape index (κ2) is 65.4. The predicted octanol–water partition coefficient (Wildman–Crippen LogP) is 22.9. The molecule has 0 aliphatic heterocycles. The van der Waals surface area contributed by atoms with E-state index in [2.05, 4.69) is 93.7 Å². The molecule has 6 nitrogen and oxygen atoms in total. The van der Waals surface area contributed by atoms with Crippen molar-refractivity contribution in [1.29, 1.82) is 0 Å². The first-order valence-electron chi connectivity index (χ1n) is 33.4. The molecule has 1 atom stereocenters. The number of hydrogen-bond donors (Lipinski definition) is 0. The van der Waals surface area contributed by atoms with E-state index < -0.39 is 6.10 Å². The lowest BCUT2D eigenvalue weighted by atomic mass is 10.0. The van der Waals surface area contributed by atoms with E-state index in [9.17, 15) is 14.4 Å². The molecule has 0 rings (SSSR count). The molecule has 446 valence electrons. The normalized spacial score (nSPS) is 12.5. The Labute approximate surface area is 478 Å². The molecule has 0 aliphatic carbocycles. The Morgan fingerprint density at radius 3 is 0.753 bits per heavy atom. The van der Waals surface area contributed by atoms with Gasteiger partial charge in [-0.25, -0.2) is 0 Å². The molecule has 1 unspecified atom stereocenters. The van der Waals surface area contributed by atoms with E-state index in [-0.39, 0.29) is 31.1 Å². The van der Waals surface area contributed by atoms with Crippen molar-refractivity contribution in [3.05, 3.63) is 72.9 Å². The highest BCUT2D eigenvalue weighted by Crippen LogP contribution is 2.16. The number of esters is 3. The maximum absolute atomic E-state index is 12.9. The van der Waals surface area contributed by atoms with Crippen LogP contribution < -0.4 is 0 Å². The van der Waals surface area contributed by atoms with Crippen molar-refractivity contribution in [2.24, 2.45) is 0 Å². The van der Waals surface area contributed by atoms with Gasteiger partial charge in [0, 0.05) is 19.3 Å². The third-order valence-electron chi connectivity index (χ3n) is 14.7. The lowest BCUT2D eigenvalue weighted by Crippen LogP contribution is -2.30. The van der Waals surface area contributed by atoms with Gasteiger partial charge in [-0.15, -0.1) is 0 Å². The van der Waals surface area contributed by atoms with Gasteiger partial charge in [-0.3, -0.25) is 14.4 Å². The van der Waals surface area contributed by atoms with Crippen molar-refractivity contribution in [2.75, 3.05) is 13.2 Å². The van der Waals surface area contributed by atoms with Gasteiger partial charge in [-0.2, -0.15) is 0 Å². The number of ether oxygens (including phenoxy) is 3. The quantitative estimate of drug-likeness (QED) is 0.0261. The minimum absolute atomic E-state index is 0.0830. The van der Waals surface area contributed by atoms with Crippen LogP contribution in [0.25, 0.3) is 0 Å². The Morgan fingerprint density at radius 2 is 0.468 bits per heavy atom. The van der Waals surface area contributed by atoms with Crippen molar-refractivity contribution in [1.82, 2.24) is 0 Å². The van der Waals surface area contributed by atoms with E-state index in [1.807, 2.05) is 0 Å². The standard InChI is InChI=1S/C71H126O6/c1-4-7-10-13-16-19-22-25-28-31-32-33-34-35-36-37-38-39-40-41-44-46-49-52-55-58-61-64-70(73)76-67-68(77-71(74)65-62-59-56-53-50-47-43-30-27-24-21-18-15-12-9-6-3)66-75-69(72)63-60-57-54-51-48-45-42-29-26-23-20-17-14-11-8-5-2/h21-22,24-25,29-32,34-35,42-43,68H,4-20,23,26-28,33,36-41,44-67H2,1-3H3/b24-21-,25-22-,32-31-,35-34-,42-29-,43-30-. The molecule has 0 aliphatic rings. The van der Waals surface area contributed by atoms with Crippen LogP contribution in [0.3, 0.4) is 0 Å². The minimum atomic E-state index is -0.788. The van der Waals surface area contributed by atoms with Gasteiger partial charge in [0.1, 0.15) is 13.2 Å². The van der Waals surface area contributed by atoms with Gasteiger partial charge in [0.2, 0.25) is 0 Å². The van der Waals surface area contributed by atoms with Crippen LogP contribution in [0, 0.1) is 0 Å². The predicted molar refractivity (Wildman–Crippen MR) is 335 cm³/mol. The first kappa shape index (κ1) is 73.8. The van der Waals surface area contributed by atoms with Gasteiger partial charge < -0.3 is 14.2 Å². The van der Waals surface area contributed by atoms with Crippen molar-refractivity contribution in [2.45, 2.75) is 348 Å². The van der Waals surface area contributed by atoms with Gasteiger partial charge in [-0.1, -0.05) is 280 Å². The van der Waals surface area contributed by atoms with Crippen LogP contribution in [0.15, 0.2) is 72.9 Å². The van der Waals surface area contributed by atoms with E-state index in [1.54, 1.807) is 0 Å². The van der Waals surface area contributed by atoms with Crippen LogP contribution in [0.1, 0.15) is 342 Å². The number of carbonyl (C=O) groups is 3. The molecule has 0 saturated heterocycles. The molecule has 0 aromatic heterocycles. The molecule has 0 spiro atoms. The molecule has 0 aromatic carbocycles. The molecule has 0 aromatic rings. The summed E-state index contributed by atoms with van der Waals surface area (Å²) < 4.78 is 16.9. The summed E-state index contributed by atoms with van der Waals surface area (Å²) in [7, 11) is 0. The molecule has 0 saturated carbocycles. The Kier molecular flexibility index (Phi) is 62.7. The minimum Gasteiger partial charge on any atom is -0.462 e. The van der Waals surface area contributed by atoms with Crippen LogP contribution in [0.5, 0.6) is 0 Å². The summed E-state index contributed by atoms with van der Waals surface area (Å²) in [5.74, 6) is -0.891. The maximum Gasteiger partial charge on any atom is 0.306 e. The van der Waals surface area contributed by atoms with Gasteiger partial charge in [-0.05, 0) is 116 Å². The average Bonchev–Trinajstić information content (AvgIpc) is 3.43. The van der Waals surface area contributed by atoms with Crippen LogP contribution in [0.4, 0.5) is 0 Å². The van der Waals surface area contributed by atoms with E-state index in [0.717, 1.165) is 103 Å². The highest BCUT2D eigenvalue weighted by molar-refractivity contribution is 5.71. The van der Waals surface area contributed by atoms with Gasteiger partial charge in [0.15, 0.2) is 6.10 Å². The zero-order chi connectivity index (χ0) is 55.7. The van der Waals surface area contributed by atoms with Crippen LogP contribution in [-0.2, 0) is 28.6 Å². The molecule has 0 N–H and O–H groups in total. The Bertz CT molecular complexity index is 1420. The lowest BCUT2D eigenvalue weighted by Gasteiger charge is -2.18. The third kappa shape index (κ3) is 63.6. The Hall–Kier alpha value is -3.15. The molecule has 0 radical (unpaired) electrons. The second-order valence-electron chi connectivity index (χ2n) is 22.4. The van der Waals surface area contributed by atoms with Crippen LogP contribution in [-0.4, -0.2) is 37.2 Å². The Balaban J connectivity index is 4.31. The first-order valence-corrected chi connectivity index (χ1v) is 33.4. The zero-order valence-electron chi connectivity index (χ0n) is 51.2. The second-order valence-corrected chi connectivity index (χ2v) is 22.4. The summed E-state index contributed by atoms with van der Waals surface area (Å²) in [6, 6.07) is 0. The Morgan fingerprint density at radius 1 is 0.260 bits per heavy atom. The van der Waals surface area contributed by atoms with Crippen molar-refractivity contribution in [3.63, 3.8) is 0 Å². The summed E-state index contributed by atoms with van der Waals surface area (Å²) in [6.45, 7) is 6.63. The fourth-order valence-corrected chi connectivity index (χ4v) is 9.59. The molecule has 6 heteroatoms. The summed E-state index contributed by atoms with van der Waals surface area (Å²) in [5, 5.41) is 0. The molecule has 0 bridgehead atoms. The highest BCUT2D eigenvalue weighted by Gasteiger charge is 2.19. The topological polar surface area (TPSA) is 78.9 Å². The van der Waals surface area contributed by atoms with E-state index in [4.69, 9.17) is 14.2 Å². The largest absolute Gasteiger partial charge is 0.462 e. The number of carbonyl (C=O) groups excluding carboxylic acids is 3. The summed E-state index contributed by atoms with van der Waals surface area (Å²) >= 11 is 0. The summed E-state index contributed by atoms with van der Waals surface area (Å²) in [5.41, 5.74) is 0. The summed E-state index contributed by atoms with van der Waals surface area (Å²) in [6.07, 6.45) is 84.8. The first-order chi connectivity index (χ1) is 38.0. The number of rotatable bonds is 61. The van der Waals surface area contributed by atoms with Gasteiger partial charge >= 0.3 is 17.9 Å². The van der Waals surface area contributed by atoms with Gasteiger partial charge in [0.05, 0.1) is 0 Å². The third-order valence-corrected chi connectivity index (χ3v) is 14.7. The van der Waals surface area contributed by atoms with Crippen LogP contribution >= 0.6 is 0 Å². The maximum atomic E-state index is 12.9. The fraction of sp³-hybridized carbons (Fsp3) is 0.789.